The number of hydrogen-bond acceptors (Lipinski definition) is 5. The summed E-state index contributed by atoms with van der Waals surface area (Å²) in [7, 11) is 0. The fraction of sp³-hybridized carbons (Fsp3) is 0.725. The number of aliphatic hydroxyl groups is 2. The zero-order valence-electron chi connectivity index (χ0n) is 37.2. The predicted octanol–water partition coefficient (Wildman–Crippen LogP) is 13.8. The number of unbranched alkanes of at least 4 members (excludes halogenated alkanes) is 22. The van der Waals surface area contributed by atoms with Crippen LogP contribution in [0.25, 0.3) is 0 Å². The second-order valence-corrected chi connectivity index (χ2v) is 15.9. The number of allylic oxidation sites excluding steroid dienone is 11. The molecule has 0 aliphatic rings. The lowest BCUT2D eigenvalue weighted by Crippen LogP contribution is -2.46. The highest BCUT2D eigenvalue weighted by molar-refractivity contribution is 5.77. The first kappa shape index (κ1) is 54.3. The number of hydrogen-bond donors (Lipinski definition) is 3. The average molecular weight is 796 g/mol. The Labute approximate surface area is 351 Å². The van der Waals surface area contributed by atoms with Crippen LogP contribution in [-0.2, 0) is 14.3 Å². The van der Waals surface area contributed by atoms with Gasteiger partial charge in [-0.05, 0) is 44.9 Å². The standard InChI is InChI=1S/C51H89NO5/c1-4-7-10-13-16-19-22-24-26-28-31-34-37-40-43-49(54)48(46-53)52-50(55)45-47(42-39-36-33-30-27-21-18-15-12-9-6-3)57-51(56)44-41-38-35-32-29-25-23-20-17-14-11-8-5-2/h9,12,15,18,21,25,27,29-30,33,36,39,47-49,53-54H,4-8,10-11,13-14,16-17,19-20,22-24,26,28,31-32,34-35,37-38,40-46H2,1-3H3,(H,52,55)/b12-9+,18-15+,27-21-,29-25-,33-30-,39-36+. The molecule has 0 aliphatic carbocycles. The fourth-order valence-electron chi connectivity index (χ4n) is 6.80. The zero-order valence-corrected chi connectivity index (χ0v) is 37.2. The van der Waals surface area contributed by atoms with Crippen molar-refractivity contribution in [1.82, 2.24) is 5.32 Å². The molecule has 57 heavy (non-hydrogen) atoms. The van der Waals surface area contributed by atoms with Crippen LogP contribution in [0.5, 0.6) is 0 Å². The summed E-state index contributed by atoms with van der Waals surface area (Å²) in [4.78, 5) is 25.9. The first-order valence-electron chi connectivity index (χ1n) is 23.7. The topological polar surface area (TPSA) is 95.9 Å². The first-order valence-corrected chi connectivity index (χ1v) is 23.7. The molecular formula is C51H89NO5. The molecule has 0 saturated carbocycles. The van der Waals surface area contributed by atoms with E-state index in [9.17, 15) is 19.8 Å². The zero-order chi connectivity index (χ0) is 41.7. The number of rotatable bonds is 41. The highest BCUT2D eigenvalue weighted by atomic mass is 16.5. The van der Waals surface area contributed by atoms with E-state index in [-0.39, 0.29) is 24.9 Å². The summed E-state index contributed by atoms with van der Waals surface area (Å²) >= 11 is 0. The lowest BCUT2D eigenvalue weighted by atomic mass is 10.0. The Balaban J connectivity index is 4.70. The molecule has 6 nitrogen and oxygen atoms in total. The van der Waals surface area contributed by atoms with E-state index >= 15 is 0 Å². The van der Waals surface area contributed by atoms with Crippen LogP contribution in [-0.4, -0.2) is 46.9 Å². The van der Waals surface area contributed by atoms with E-state index in [0.717, 1.165) is 57.8 Å². The van der Waals surface area contributed by atoms with Crippen molar-refractivity contribution >= 4 is 11.9 Å². The van der Waals surface area contributed by atoms with Gasteiger partial charge in [0.25, 0.3) is 0 Å². The number of nitrogens with one attached hydrogen (secondary N) is 1. The summed E-state index contributed by atoms with van der Waals surface area (Å²) in [5, 5.41) is 23.6. The van der Waals surface area contributed by atoms with Gasteiger partial charge in [-0.2, -0.15) is 0 Å². The molecule has 1 amide bonds. The van der Waals surface area contributed by atoms with Crippen LogP contribution in [0.1, 0.15) is 213 Å². The van der Waals surface area contributed by atoms with E-state index in [0.29, 0.717) is 19.3 Å². The van der Waals surface area contributed by atoms with E-state index in [1.165, 1.54) is 109 Å². The second kappa shape index (κ2) is 44.4. The van der Waals surface area contributed by atoms with Gasteiger partial charge in [-0.25, -0.2) is 0 Å². The van der Waals surface area contributed by atoms with Gasteiger partial charge >= 0.3 is 5.97 Å². The molecule has 6 heteroatoms. The Morgan fingerprint density at radius 1 is 0.544 bits per heavy atom. The van der Waals surface area contributed by atoms with Crippen molar-refractivity contribution in [3.63, 3.8) is 0 Å². The summed E-state index contributed by atoms with van der Waals surface area (Å²) in [6, 6.07) is -0.743. The van der Waals surface area contributed by atoms with E-state index in [1.807, 2.05) is 54.7 Å². The third kappa shape index (κ3) is 39.9. The maximum atomic E-state index is 13.1. The van der Waals surface area contributed by atoms with E-state index in [2.05, 4.69) is 44.3 Å². The van der Waals surface area contributed by atoms with Crippen LogP contribution >= 0.6 is 0 Å². The van der Waals surface area contributed by atoms with Crippen LogP contribution < -0.4 is 5.32 Å². The molecule has 3 unspecified atom stereocenters. The highest BCUT2D eigenvalue weighted by Gasteiger charge is 2.23. The van der Waals surface area contributed by atoms with Crippen molar-refractivity contribution in [1.29, 1.82) is 0 Å². The minimum Gasteiger partial charge on any atom is -0.461 e. The lowest BCUT2D eigenvalue weighted by molar-refractivity contribution is -0.150. The molecule has 0 radical (unpaired) electrons. The third-order valence-corrected chi connectivity index (χ3v) is 10.4. The highest BCUT2D eigenvalue weighted by Crippen LogP contribution is 2.16. The minimum absolute atomic E-state index is 0.0265. The summed E-state index contributed by atoms with van der Waals surface area (Å²) in [6.07, 6.45) is 55.6. The number of esters is 1. The Morgan fingerprint density at radius 2 is 0.982 bits per heavy atom. The van der Waals surface area contributed by atoms with Crippen LogP contribution in [0.2, 0.25) is 0 Å². The van der Waals surface area contributed by atoms with Crippen molar-refractivity contribution in [3.8, 4) is 0 Å². The van der Waals surface area contributed by atoms with Crippen molar-refractivity contribution < 1.29 is 24.5 Å². The lowest BCUT2D eigenvalue weighted by Gasteiger charge is -2.24. The van der Waals surface area contributed by atoms with Crippen molar-refractivity contribution in [2.75, 3.05) is 6.61 Å². The molecule has 0 spiro atoms. The fourth-order valence-corrected chi connectivity index (χ4v) is 6.80. The third-order valence-electron chi connectivity index (χ3n) is 10.4. The molecular weight excluding hydrogens is 707 g/mol. The summed E-state index contributed by atoms with van der Waals surface area (Å²) in [5.74, 6) is -0.630. The van der Waals surface area contributed by atoms with Crippen molar-refractivity contribution in [2.45, 2.75) is 232 Å². The predicted molar refractivity (Wildman–Crippen MR) is 245 cm³/mol. The largest absolute Gasteiger partial charge is 0.461 e. The molecule has 328 valence electrons. The van der Waals surface area contributed by atoms with Gasteiger partial charge in [-0.15, -0.1) is 0 Å². The quantitative estimate of drug-likeness (QED) is 0.0248. The molecule has 0 aromatic carbocycles. The molecule has 0 fully saturated rings. The summed E-state index contributed by atoms with van der Waals surface area (Å²) < 4.78 is 5.81. The first-order chi connectivity index (χ1) is 28.0. The molecule has 0 aliphatic heterocycles. The number of ether oxygens (including phenoxy) is 1. The molecule has 0 aromatic heterocycles. The Bertz CT molecular complexity index is 1070. The molecule has 0 heterocycles. The maximum absolute atomic E-state index is 13.1. The molecule has 0 aromatic rings. The summed E-state index contributed by atoms with van der Waals surface area (Å²) in [6.45, 7) is 6.27. The van der Waals surface area contributed by atoms with Gasteiger partial charge in [-0.3, -0.25) is 9.59 Å². The molecule has 0 rings (SSSR count). The number of carbonyl (C=O) groups excluding carboxylic acids is 2. The molecule has 3 N–H and O–H groups in total. The van der Waals surface area contributed by atoms with Crippen LogP contribution in [0, 0.1) is 0 Å². The van der Waals surface area contributed by atoms with Gasteiger partial charge in [0.1, 0.15) is 6.10 Å². The molecule has 0 bridgehead atoms. The molecule has 3 atom stereocenters. The van der Waals surface area contributed by atoms with Crippen molar-refractivity contribution in [3.05, 3.63) is 72.9 Å². The SMILES string of the molecule is CC/C=C/C=C/C=C\C=C/C=C/CC(CC(=O)NC(CO)C(O)CCCCCCCCCCCCCCCC)OC(=O)CCCCC/C=C\CCCCCCCC. The van der Waals surface area contributed by atoms with Crippen LogP contribution in [0.15, 0.2) is 72.9 Å². The van der Waals surface area contributed by atoms with Gasteiger partial charge in [0.15, 0.2) is 0 Å². The van der Waals surface area contributed by atoms with Gasteiger partial charge in [0, 0.05) is 12.8 Å². The van der Waals surface area contributed by atoms with Crippen molar-refractivity contribution in [2.24, 2.45) is 0 Å². The van der Waals surface area contributed by atoms with E-state index in [4.69, 9.17) is 4.74 Å². The Morgan fingerprint density at radius 3 is 1.47 bits per heavy atom. The normalized spacial score (nSPS) is 14.0. The summed E-state index contributed by atoms with van der Waals surface area (Å²) in [5.41, 5.74) is 0. The number of carbonyl (C=O) groups is 2. The van der Waals surface area contributed by atoms with Crippen LogP contribution in [0.4, 0.5) is 0 Å². The maximum Gasteiger partial charge on any atom is 0.306 e. The number of aliphatic hydroxyl groups excluding tert-OH is 2. The monoisotopic (exact) mass is 796 g/mol. The Hall–Kier alpha value is -2.70. The average Bonchev–Trinajstić information content (AvgIpc) is 3.20. The van der Waals surface area contributed by atoms with E-state index < -0.39 is 18.2 Å². The van der Waals surface area contributed by atoms with E-state index in [1.54, 1.807) is 0 Å². The smallest absolute Gasteiger partial charge is 0.306 e. The van der Waals surface area contributed by atoms with Gasteiger partial charge in [0.05, 0.1) is 25.2 Å². The number of amides is 1. The van der Waals surface area contributed by atoms with Gasteiger partial charge in [0.2, 0.25) is 5.91 Å². The Kier molecular flexibility index (Phi) is 42.3. The second-order valence-electron chi connectivity index (χ2n) is 15.9. The van der Waals surface area contributed by atoms with Gasteiger partial charge < -0.3 is 20.3 Å². The van der Waals surface area contributed by atoms with Crippen LogP contribution in [0.3, 0.4) is 0 Å². The van der Waals surface area contributed by atoms with Gasteiger partial charge in [-0.1, -0.05) is 222 Å². The minimum atomic E-state index is -0.821. The molecule has 0 saturated heterocycles.